The molecule has 6 nitrogen and oxygen atoms in total. The van der Waals surface area contributed by atoms with E-state index in [4.69, 9.17) is 14.4 Å². The third kappa shape index (κ3) is 3.87. The van der Waals surface area contributed by atoms with Crippen molar-refractivity contribution >= 4 is 5.91 Å². The molecule has 0 atom stereocenters. The maximum absolute atomic E-state index is 13.2. The smallest absolute Gasteiger partial charge is 0.273 e. The molecule has 1 aromatic heterocycles. The van der Waals surface area contributed by atoms with Gasteiger partial charge in [-0.25, -0.2) is 4.39 Å². The number of aliphatic hydroxyl groups excluding tert-OH is 1. The zero-order valence-electron chi connectivity index (χ0n) is 11.4. The zero-order chi connectivity index (χ0) is 15.2. The lowest BCUT2D eigenvalue weighted by Crippen LogP contribution is -2.23. The summed E-state index contributed by atoms with van der Waals surface area (Å²) in [6, 6.07) is 5.77. The molecule has 0 aliphatic carbocycles. The summed E-state index contributed by atoms with van der Waals surface area (Å²) >= 11 is 0. The highest BCUT2D eigenvalue weighted by atomic mass is 19.1. The molecule has 1 amide bonds. The maximum atomic E-state index is 13.2. The molecule has 0 fully saturated rings. The van der Waals surface area contributed by atoms with Gasteiger partial charge in [-0.3, -0.25) is 4.79 Å². The van der Waals surface area contributed by atoms with E-state index < -0.39 is 18.3 Å². The van der Waals surface area contributed by atoms with Crippen molar-refractivity contribution in [1.82, 2.24) is 10.5 Å². The van der Waals surface area contributed by atoms with E-state index in [1.54, 1.807) is 0 Å². The standard InChI is InChI=1S/C14H15FN2O4/c1-20-8-11-5-13(17-21-11)14(19)16-6-9-2-3-12(15)10(4-9)7-18/h2-5,18H,6-8H2,1H3,(H,16,19). The number of nitrogens with zero attached hydrogens (tertiary/aromatic N) is 1. The lowest BCUT2D eigenvalue weighted by atomic mass is 10.1. The number of halogens is 1. The van der Waals surface area contributed by atoms with Gasteiger partial charge in [0.25, 0.3) is 5.91 Å². The molecule has 0 unspecified atom stereocenters. The van der Waals surface area contributed by atoms with Gasteiger partial charge in [0.1, 0.15) is 12.4 Å². The Morgan fingerprint density at radius 1 is 1.48 bits per heavy atom. The number of hydrogen-bond donors (Lipinski definition) is 2. The van der Waals surface area contributed by atoms with Crippen LogP contribution in [0, 0.1) is 5.82 Å². The molecule has 0 spiro atoms. The van der Waals surface area contributed by atoms with Crippen LogP contribution in [0.25, 0.3) is 0 Å². The Bertz CT molecular complexity index is 627. The Labute approximate surface area is 120 Å². The minimum Gasteiger partial charge on any atom is -0.392 e. The highest BCUT2D eigenvalue weighted by molar-refractivity contribution is 5.92. The fourth-order valence-corrected chi connectivity index (χ4v) is 1.76. The summed E-state index contributed by atoms with van der Waals surface area (Å²) in [7, 11) is 1.51. The average molecular weight is 294 g/mol. The molecule has 1 heterocycles. The molecule has 1 aromatic carbocycles. The highest BCUT2D eigenvalue weighted by Gasteiger charge is 2.12. The van der Waals surface area contributed by atoms with Crippen molar-refractivity contribution in [2.45, 2.75) is 19.8 Å². The molecule has 0 aliphatic rings. The van der Waals surface area contributed by atoms with Crippen LogP contribution in [0.15, 0.2) is 28.8 Å². The number of ether oxygens (including phenoxy) is 1. The second-order valence-electron chi connectivity index (χ2n) is 4.38. The molecule has 0 aliphatic heterocycles. The molecule has 2 rings (SSSR count). The van der Waals surface area contributed by atoms with Gasteiger partial charge in [0.05, 0.1) is 6.61 Å². The van der Waals surface area contributed by atoms with Crippen molar-refractivity contribution in [3.05, 3.63) is 52.7 Å². The number of carbonyl (C=O) groups is 1. The molecule has 112 valence electrons. The fourth-order valence-electron chi connectivity index (χ4n) is 1.76. The van der Waals surface area contributed by atoms with Gasteiger partial charge in [-0.1, -0.05) is 11.2 Å². The van der Waals surface area contributed by atoms with Crippen molar-refractivity contribution in [3.8, 4) is 0 Å². The number of carbonyl (C=O) groups excluding carboxylic acids is 1. The predicted octanol–water partition coefficient (Wildman–Crippen LogP) is 1.38. The second kappa shape index (κ2) is 6.96. The fraction of sp³-hybridized carbons (Fsp3) is 0.286. The van der Waals surface area contributed by atoms with Gasteiger partial charge in [-0.05, 0) is 17.7 Å². The first-order chi connectivity index (χ1) is 10.1. The molecule has 0 radical (unpaired) electrons. The van der Waals surface area contributed by atoms with Gasteiger partial charge in [0.15, 0.2) is 11.5 Å². The van der Waals surface area contributed by atoms with E-state index in [-0.39, 0.29) is 24.4 Å². The number of nitrogens with one attached hydrogen (secondary N) is 1. The van der Waals surface area contributed by atoms with Crippen LogP contribution in [-0.2, 0) is 24.5 Å². The van der Waals surface area contributed by atoms with E-state index in [1.807, 2.05) is 0 Å². The lowest BCUT2D eigenvalue weighted by Gasteiger charge is -2.05. The van der Waals surface area contributed by atoms with E-state index >= 15 is 0 Å². The SMILES string of the molecule is COCc1cc(C(=O)NCc2ccc(F)c(CO)c2)no1. The van der Waals surface area contributed by atoms with Crippen LogP contribution < -0.4 is 5.32 Å². The van der Waals surface area contributed by atoms with Gasteiger partial charge in [0, 0.05) is 25.3 Å². The van der Waals surface area contributed by atoms with E-state index in [1.165, 1.54) is 31.4 Å². The van der Waals surface area contributed by atoms with E-state index in [9.17, 15) is 9.18 Å². The second-order valence-corrected chi connectivity index (χ2v) is 4.38. The predicted molar refractivity (Wildman–Crippen MR) is 70.7 cm³/mol. The summed E-state index contributed by atoms with van der Waals surface area (Å²) in [6.07, 6.45) is 0. The minimum absolute atomic E-state index is 0.145. The summed E-state index contributed by atoms with van der Waals surface area (Å²) < 4.78 is 23.0. The molecule has 2 aromatic rings. The van der Waals surface area contributed by atoms with Crippen molar-refractivity contribution in [1.29, 1.82) is 0 Å². The third-order valence-electron chi connectivity index (χ3n) is 2.81. The van der Waals surface area contributed by atoms with Gasteiger partial charge in [-0.15, -0.1) is 0 Å². The van der Waals surface area contributed by atoms with Crippen molar-refractivity contribution in [2.24, 2.45) is 0 Å². The molecular formula is C14H15FN2O4. The number of rotatable bonds is 6. The summed E-state index contributed by atoms with van der Waals surface area (Å²) in [4.78, 5) is 11.9. The molecule has 2 N–H and O–H groups in total. The number of hydrogen-bond acceptors (Lipinski definition) is 5. The molecular weight excluding hydrogens is 279 g/mol. The Morgan fingerprint density at radius 3 is 3.00 bits per heavy atom. The molecule has 21 heavy (non-hydrogen) atoms. The highest BCUT2D eigenvalue weighted by Crippen LogP contribution is 2.11. The summed E-state index contributed by atoms with van der Waals surface area (Å²) in [5.41, 5.74) is 1.01. The maximum Gasteiger partial charge on any atom is 0.273 e. The minimum atomic E-state index is -0.478. The summed E-state index contributed by atoms with van der Waals surface area (Å²) in [5.74, 6) is -0.434. The number of amides is 1. The molecule has 7 heteroatoms. The van der Waals surface area contributed by atoms with Gasteiger partial charge in [0.2, 0.25) is 0 Å². The molecule has 0 bridgehead atoms. The van der Waals surface area contributed by atoms with Crippen LogP contribution in [0.4, 0.5) is 4.39 Å². The molecule has 0 saturated carbocycles. The molecule has 0 saturated heterocycles. The first-order valence-electron chi connectivity index (χ1n) is 6.25. The summed E-state index contributed by atoms with van der Waals surface area (Å²) in [6.45, 7) is 0.0357. The first-order valence-corrected chi connectivity index (χ1v) is 6.25. The topological polar surface area (TPSA) is 84.6 Å². The number of benzene rings is 1. The van der Waals surface area contributed by atoms with Gasteiger partial charge < -0.3 is 19.7 Å². The van der Waals surface area contributed by atoms with Gasteiger partial charge in [-0.2, -0.15) is 0 Å². The van der Waals surface area contributed by atoms with Crippen molar-refractivity contribution in [2.75, 3.05) is 7.11 Å². The van der Waals surface area contributed by atoms with Crippen LogP contribution in [0.1, 0.15) is 27.4 Å². The van der Waals surface area contributed by atoms with E-state index in [0.29, 0.717) is 11.3 Å². The number of aliphatic hydroxyl groups is 1. The normalized spacial score (nSPS) is 10.6. The Morgan fingerprint density at radius 2 is 2.29 bits per heavy atom. The van der Waals surface area contributed by atoms with Crippen LogP contribution >= 0.6 is 0 Å². The van der Waals surface area contributed by atoms with E-state index in [2.05, 4.69) is 10.5 Å². The Balaban J connectivity index is 1.97. The van der Waals surface area contributed by atoms with Crippen molar-refractivity contribution < 1.29 is 23.6 Å². The largest absolute Gasteiger partial charge is 0.392 e. The first kappa shape index (κ1) is 15.1. The van der Waals surface area contributed by atoms with Crippen molar-refractivity contribution in [3.63, 3.8) is 0 Å². The van der Waals surface area contributed by atoms with Crippen LogP contribution in [0.5, 0.6) is 0 Å². The van der Waals surface area contributed by atoms with E-state index in [0.717, 1.165) is 0 Å². The Hall–Kier alpha value is -2.25. The average Bonchev–Trinajstić information content (AvgIpc) is 2.95. The van der Waals surface area contributed by atoms with Crippen LogP contribution in [0.2, 0.25) is 0 Å². The van der Waals surface area contributed by atoms with Crippen LogP contribution in [0.3, 0.4) is 0 Å². The summed E-state index contributed by atoms with van der Waals surface area (Å²) in [5, 5.41) is 15.3. The number of methoxy groups -OCH3 is 1. The Kier molecular flexibility index (Phi) is 5.02. The van der Waals surface area contributed by atoms with Crippen LogP contribution in [-0.4, -0.2) is 23.3 Å². The lowest BCUT2D eigenvalue weighted by molar-refractivity contribution is 0.0941. The number of aromatic nitrogens is 1. The third-order valence-corrected chi connectivity index (χ3v) is 2.81. The van der Waals surface area contributed by atoms with Gasteiger partial charge >= 0.3 is 0 Å². The zero-order valence-corrected chi connectivity index (χ0v) is 11.4. The monoisotopic (exact) mass is 294 g/mol. The quantitative estimate of drug-likeness (QED) is 0.841.